The summed E-state index contributed by atoms with van der Waals surface area (Å²) < 4.78 is 5.41. The molecule has 1 fully saturated rings. The van der Waals surface area contributed by atoms with Crippen LogP contribution >= 0.6 is 0 Å². The minimum atomic E-state index is 0.933. The first kappa shape index (κ1) is 10.3. The summed E-state index contributed by atoms with van der Waals surface area (Å²) in [4.78, 5) is 2.50. The molecule has 2 aliphatic heterocycles. The van der Waals surface area contributed by atoms with Gasteiger partial charge in [0.2, 0.25) is 0 Å². The van der Waals surface area contributed by atoms with Crippen molar-refractivity contribution >= 4 is 0 Å². The molecular weight excluding hydrogens is 202 g/mol. The normalized spacial score (nSPS) is 22.0. The number of hydrogen-bond donors (Lipinski definition) is 1. The third-order valence-corrected chi connectivity index (χ3v) is 3.60. The fourth-order valence-corrected chi connectivity index (χ4v) is 2.65. The monoisotopic (exact) mass is 221 g/mol. The summed E-state index contributed by atoms with van der Waals surface area (Å²) in [6.45, 7) is 5.36. The number of hydrogen-bond acceptors (Lipinski definition) is 4. The molecule has 16 heavy (non-hydrogen) atoms. The molecule has 0 amide bonds. The van der Waals surface area contributed by atoms with Crippen molar-refractivity contribution < 1.29 is 4.52 Å². The smallest absolute Gasteiger partial charge is 0.142 e. The van der Waals surface area contributed by atoms with E-state index in [4.69, 9.17) is 4.52 Å². The topological polar surface area (TPSA) is 41.3 Å². The van der Waals surface area contributed by atoms with Crippen molar-refractivity contribution in [3.63, 3.8) is 0 Å². The first-order chi connectivity index (χ1) is 7.93. The van der Waals surface area contributed by atoms with E-state index >= 15 is 0 Å². The van der Waals surface area contributed by atoms with Gasteiger partial charge >= 0.3 is 0 Å². The molecule has 0 saturated carbocycles. The van der Waals surface area contributed by atoms with Crippen LogP contribution in [0.4, 0.5) is 0 Å². The van der Waals surface area contributed by atoms with Gasteiger partial charge in [-0.2, -0.15) is 0 Å². The van der Waals surface area contributed by atoms with Crippen molar-refractivity contribution in [3.05, 3.63) is 17.0 Å². The Hall–Kier alpha value is -0.870. The molecule has 88 valence electrons. The first-order valence-corrected chi connectivity index (χ1v) is 6.33. The standard InChI is InChI=1S/C12H19N3O/c1-2-6-15(7-3-1)9-11-10-8-13-5-4-12(10)16-14-11/h13H,1-9H2. The first-order valence-electron chi connectivity index (χ1n) is 6.33. The predicted octanol–water partition coefficient (Wildman–Crippen LogP) is 1.31. The number of likely N-dealkylation sites (tertiary alicyclic amines) is 1. The highest BCUT2D eigenvalue weighted by atomic mass is 16.5. The Labute approximate surface area is 96.0 Å². The summed E-state index contributed by atoms with van der Waals surface area (Å²) in [7, 11) is 0. The number of rotatable bonds is 2. The zero-order valence-corrected chi connectivity index (χ0v) is 9.67. The van der Waals surface area contributed by atoms with Crippen molar-refractivity contribution in [2.75, 3.05) is 19.6 Å². The summed E-state index contributed by atoms with van der Waals surface area (Å²) in [5.41, 5.74) is 2.47. The van der Waals surface area contributed by atoms with Crippen molar-refractivity contribution in [3.8, 4) is 0 Å². The predicted molar refractivity (Wildman–Crippen MR) is 61.0 cm³/mol. The van der Waals surface area contributed by atoms with Crippen LogP contribution < -0.4 is 5.32 Å². The van der Waals surface area contributed by atoms with E-state index in [1.807, 2.05) is 0 Å². The number of aromatic nitrogens is 1. The van der Waals surface area contributed by atoms with Gasteiger partial charge in [0.25, 0.3) is 0 Å². The van der Waals surface area contributed by atoms with Gasteiger partial charge in [0.1, 0.15) is 11.5 Å². The van der Waals surface area contributed by atoms with Crippen molar-refractivity contribution in [2.24, 2.45) is 0 Å². The number of nitrogens with one attached hydrogen (secondary N) is 1. The van der Waals surface area contributed by atoms with Crippen LogP contribution in [0.5, 0.6) is 0 Å². The van der Waals surface area contributed by atoms with Crippen molar-refractivity contribution in [2.45, 2.75) is 38.8 Å². The highest BCUT2D eigenvalue weighted by Gasteiger charge is 2.21. The molecule has 0 unspecified atom stereocenters. The van der Waals surface area contributed by atoms with E-state index < -0.39 is 0 Å². The van der Waals surface area contributed by atoms with Gasteiger partial charge < -0.3 is 9.84 Å². The third-order valence-electron chi connectivity index (χ3n) is 3.60. The Morgan fingerprint density at radius 1 is 1.25 bits per heavy atom. The molecule has 0 aromatic carbocycles. The molecule has 3 rings (SSSR count). The van der Waals surface area contributed by atoms with Crippen LogP contribution in [0.1, 0.15) is 36.3 Å². The van der Waals surface area contributed by atoms with Crippen LogP contribution in [0.15, 0.2) is 4.52 Å². The van der Waals surface area contributed by atoms with Crippen LogP contribution in [0, 0.1) is 0 Å². The molecule has 2 aliphatic rings. The van der Waals surface area contributed by atoms with Gasteiger partial charge in [0.15, 0.2) is 0 Å². The lowest BCUT2D eigenvalue weighted by atomic mass is 10.1. The molecule has 0 atom stereocenters. The molecular formula is C12H19N3O. The van der Waals surface area contributed by atoms with E-state index in [0.717, 1.165) is 37.5 Å². The van der Waals surface area contributed by atoms with Gasteiger partial charge in [0.05, 0.1) is 0 Å². The van der Waals surface area contributed by atoms with E-state index in [9.17, 15) is 0 Å². The average molecular weight is 221 g/mol. The summed E-state index contributed by atoms with van der Waals surface area (Å²) in [5, 5.41) is 7.62. The van der Waals surface area contributed by atoms with Crippen LogP contribution in [0.3, 0.4) is 0 Å². The van der Waals surface area contributed by atoms with Gasteiger partial charge in [-0.15, -0.1) is 0 Å². The highest BCUT2D eigenvalue weighted by molar-refractivity contribution is 5.25. The van der Waals surface area contributed by atoms with Crippen molar-refractivity contribution in [1.82, 2.24) is 15.4 Å². The second-order valence-electron chi connectivity index (χ2n) is 4.79. The lowest BCUT2D eigenvalue weighted by Crippen LogP contribution is -2.30. The van der Waals surface area contributed by atoms with E-state index in [0.29, 0.717) is 0 Å². The molecule has 1 aromatic heterocycles. The van der Waals surface area contributed by atoms with Gasteiger partial charge in [-0.05, 0) is 25.9 Å². The second kappa shape index (κ2) is 4.55. The van der Waals surface area contributed by atoms with Gasteiger partial charge in [0, 0.05) is 31.6 Å². The minimum absolute atomic E-state index is 0.933. The lowest BCUT2D eigenvalue weighted by Gasteiger charge is -2.25. The highest BCUT2D eigenvalue weighted by Crippen LogP contribution is 2.20. The lowest BCUT2D eigenvalue weighted by molar-refractivity contribution is 0.214. The van der Waals surface area contributed by atoms with Crippen LogP contribution in [-0.4, -0.2) is 29.7 Å². The van der Waals surface area contributed by atoms with E-state index in [2.05, 4.69) is 15.4 Å². The minimum Gasteiger partial charge on any atom is -0.361 e. The fraction of sp³-hybridized carbons (Fsp3) is 0.750. The van der Waals surface area contributed by atoms with E-state index in [1.165, 1.54) is 37.9 Å². The molecule has 0 bridgehead atoms. The largest absolute Gasteiger partial charge is 0.361 e. The van der Waals surface area contributed by atoms with Gasteiger partial charge in [-0.1, -0.05) is 11.6 Å². The molecule has 4 nitrogen and oxygen atoms in total. The number of fused-ring (bicyclic) bond motifs is 1. The van der Waals surface area contributed by atoms with Crippen molar-refractivity contribution in [1.29, 1.82) is 0 Å². The Bertz CT molecular complexity index is 355. The average Bonchev–Trinajstić information content (AvgIpc) is 2.74. The van der Waals surface area contributed by atoms with Crippen LogP contribution in [0.2, 0.25) is 0 Å². The second-order valence-corrected chi connectivity index (χ2v) is 4.79. The summed E-state index contributed by atoms with van der Waals surface area (Å²) in [6.07, 6.45) is 5.04. The maximum Gasteiger partial charge on any atom is 0.142 e. The molecule has 3 heterocycles. The molecule has 0 spiro atoms. The third kappa shape index (κ3) is 1.99. The molecule has 1 N–H and O–H groups in total. The SMILES string of the molecule is C1CCN(Cc2noc3c2CNCC3)CC1. The van der Waals surface area contributed by atoms with E-state index in [1.54, 1.807) is 0 Å². The summed E-state index contributed by atoms with van der Waals surface area (Å²) in [6, 6.07) is 0. The maximum atomic E-state index is 5.41. The Kier molecular flexibility index (Phi) is 2.93. The molecule has 0 radical (unpaired) electrons. The quantitative estimate of drug-likeness (QED) is 0.817. The Balaban J connectivity index is 1.71. The van der Waals surface area contributed by atoms with Crippen LogP contribution in [0.25, 0.3) is 0 Å². The molecule has 1 saturated heterocycles. The van der Waals surface area contributed by atoms with Gasteiger partial charge in [-0.25, -0.2) is 0 Å². The summed E-state index contributed by atoms with van der Waals surface area (Å²) in [5.74, 6) is 1.10. The zero-order valence-electron chi connectivity index (χ0n) is 9.67. The van der Waals surface area contributed by atoms with E-state index in [-0.39, 0.29) is 0 Å². The fourth-order valence-electron chi connectivity index (χ4n) is 2.65. The van der Waals surface area contributed by atoms with Crippen LogP contribution in [-0.2, 0) is 19.5 Å². The van der Waals surface area contributed by atoms with Gasteiger partial charge in [-0.3, -0.25) is 4.90 Å². The number of piperidine rings is 1. The summed E-state index contributed by atoms with van der Waals surface area (Å²) >= 11 is 0. The molecule has 4 heteroatoms. The Morgan fingerprint density at radius 3 is 3.00 bits per heavy atom. The molecule has 0 aliphatic carbocycles. The molecule has 1 aromatic rings. The number of nitrogens with zero attached hydrogens (tertiary/aromatic N) is 2. The Morgan fingerprint density at radius 2 is 2.12 bits per heavy atom. The zero-order chi connectivity index (χ0) is 10.8. The maximum absolute atomic E-state index is 5.41.